The Morgan fingerprint density at radius 3 is 0.379 bits per heavy atom. The Hall–Kier alpha value is -0.800. The minimum Gasteiger partial charge on any atom is -0.379 e. The van der Waals surface area contributed by atoms with Gasteiger partial charge in [0.25, 0.3) is 0 Å². The summed E-state index contributed by atoms with van der Waals surface area (Å²) in [6, 6.07) is 0. The molecule has 0 saturated carbocycles. The van der Waals surface area contributed by atoms with Crippen LogP contribution in [0.25, 0.3) is 0 Å². The van der Waals surface area contributed by atoms with Crippen LogP contribution in [0.2, 0.25) is 0 Å². The van der Waals surface area contributed by atoms with Crippen molar-refractivity contribution in [2.45, 2.75) is 33.6 Å². The predicted octanol–water partition coefficient (Wildman–Crippen LogP) is 2.77. The summed E-state index contributed by atoms with van der Waals surface area (Å²) < 4.78 is 110. The van der Waals surface area contributed by atoms with Gasteiger partial charge in [0, 0.05) is 13.2 Å². The molecule has 0 amide bonds. The maximum absolute atomic E-state index is 5.52. The van der Waals surface area contributed by atoms with E-state index in [1.54, 1.807) is 0 Å². The molecule has 0 N–H and O–H groups in total. The molecule has 0 aromatic rings. The minimum absolute atomic E-state index is 0.495. The van der Waals surface area contributed by atoms with Crippen LogP contribution in [0.3, 0.4) is 0 Å². The van der Waals surface area contributed by atoms with E-state index in [0.29, 0.717) is 257 Å². The van der Waals surface area contributed by atoms with Gasteiger partial charge >= 0.3 is 0 Å². The molecular formula is C46H94O20. The van der Waals surface area contributed by atoms with Crippen molar-refractivity contribution in [1.29, 1.82) is 0 Å². The van der Waals surface area contributed by atoms with E-state index in [2.05, 4.69) is 20.8 Å². The normalized spacial score (nSPS) is 11.8. The minimum atomic E-state index is 0.495. The van der Waals surface area contributed by atoms with E-state index in [0.717, 1.165) is 26.1 Å². The number of hydrogen-bond acceptors (Lipinski definition) is 20. The summed E-state index contributed by atoms with van der Waals surface area (Å²) in [6.45, 7) is 27.8. The van der Waals surface area contributed by atoms with Gasteiger partial charge in [0.15, 0.2) is 0 Å². The van der Waals surface area contributed by atoms with Crippen molar-refractivity contribution in [1.82, 2.24) is 0 Å². The van der Waals surface area contributed by atoms with E-state index < -0.39 is 0 Å². The molecular weight excluding hydrogens is 872 g/mol. The Balaban J connectivity index is 3.07. The fraction of sp³-hybridized carbons (Fsp3) is 1.00. The summed E-state index contributed by atoms with van der Waals surface area (Å²) in [7, 11) is 0. The molecule has 0 aliphatic rings. The summed E-state index contributed by atoms with van der Waals surface area (Å²) >= 11 is 0. The molecule has 0 radical (unpaired) electrons. The second kappa shape index (κ2) is 62.2. The maximum Gasteiger partial charge on any atom is 0.0701 e. The van der Waals surface area contributed by atoms with Gasteiger partial charge in [0.05, 0.1) is 251 Å². The lowest BCUT2D eigenvalue weighted by Crippen LogP contribution is -2.16. The Bertz CT molecular complexity index is 839. The van der Waals surface area contributed by atoms with Gasteiger partial charge in [-0.25, -0.2) is 0 Å². The van der Waals surface area contributed by atoms with Crippen LogP contribution in [0, 0.1) is 5.92 Å². The first-order chi connectivity index (χ1) is 32.8. The van der Waals surface area contributed by atoms with Crippen molar-refractivity contribution < 1.29 is 94.7 Å². The second-order valence-electron chi connectivity index (χ2n) is 14.4. The van der Waals surface area contributed by atoms with Gasteiger partial charge in [-0.15, -0.1) is 0 Å². The molecule has 66 heavy (non-hydrogen) atoms. The first kappa shape index (κ1) is 65.2. The standard InChI is InChI=1S/C46H94O20/c1-4-6-47-8-10-49-12-14-51-16-18-53-20-22-55-24-26-57-28-30-59-32-34-61-36-38-63-40-42-65-44-45-66-43-41-64-39-37-62-35-33-60-31-29-58-27-25-56-23-21-54-19-17-52-15-13-50-11-9-48-7-5-46(2)3/h46H,4-45H2,1-3H3. The molecule has 0 rings (SSSR count). The molecule has 0 aliphatic heterocycles. The summed E-state index contributed by atoms with van der Waals surface area (Å²) in [6.07, 6.45) is 2.10. The van der Waals surface area contributed by atoms with E-state index in [1.807, 2.05) is 0 Å². The predicted molar refractivity (Wildman–Crippen MR) is 246 cm³/mol. The topological polar surface area (TPSA) is 185 Å². The van der Waals surface area contributed by atoms with Gasteiger partial charge in [-0.3, -0.25) is 0 Å². The highest BCUT2D eigenvalue weighted by atomic mass is 16.6. The van der Waals surface area contributed by atoms with Crippen LogP contribution < -0.4 is 0 Å². The average Bonchev–Trinajstić information content (AvgIpc) is 3.32. The van der Waals surface area contributed by atoms with Crippen LogP contribution in [-0.2, 0) is 94.7 Å². The van der Waals surface area contributed by atoms with E-state index >= 15 is 0 Å². The lowest BCUT2D eigenvalue weighted by Gasteiger charge is -2.09. The Labute approximate surface area is 397 Å². The molecule has 20 nitrogen and oxygen atoms in total. The zero-order valence-electron chi connectivity index (χ0n) is 41.4. The van der Waals surface area contributed by atoms with Gasteiger partial charge in [-0.1, -0.05) is 20.8 Å². The molecule has 0 aromatic carbocycles. The van der Waals surface area contributed by atoms with Gasteiger partial charge in [-0.05, 0) is 18.8 Å². The van der Waals surface area contributed by atoms with Crippen molar-refractivity contribution in [2.75, 3.05) is 264 Å². The van der Waals surface area contributed by atoms with E-state index in [1.165, 1.54) is 0 Å². The molecule has 20 heteroatoms. The first-order valence-electron chi connectivity index (χ1n) is 24.3. The third kappa shape index (κ3) is 63.2. The Morgan fingerprint density at radius 1 is 0.167 bits per heavy atom. The summed E-state index contributed by atoms with van der Waals surface area (Å²) in [4.78, 5) is 0. The van der Waals surface area contributed by atoms with Crippen molar-refractivity contribution in [3.05, 3.63) is 0 Å². The SMILES string of the molecule is CCCOCCOCCOCCOCCOCCOCCOCCOCCOCCOCCOCCOCCOCCOCCOCCOCCOCCOCCOCCOCCC(C)C. The molecule has 398 valence electrons. The van der Waals surface area contributed by atoms with Crippen molar-refractivity contribution >= 4 is 0 Å². The number of ether oxygens (including phenoxy) is 20. The first-order valence-corrected chi connectivity index (χ1v) is 24.3. The number of rotatable bonds is 62. The van der Waals surface area contributed by atoms with Crippen molar-refractivity contribution in [2.24, 2.45) is 5.92 Å². The van der Waals surface area contributed by atoms with Crippen molar-refractivity contribution in [3.63, 3.8) is 0 Å². The van der Waals surface area contributed by atoms with Crippen LogP contribution in [0.1, 0.15) is 33.6 Å². The van der Waals surface area contributed by atoms with Crippen LogP contribution in [0.5, 0.6) is 0 Å². The Morgan fingerprint density at radius 2 is 0.273 bits per heavy atom. The van der Waals surface area contributed by atoms with Crippen molar-refractivity contribution in [3.8, 4) is 0 Å². The third-order valence-corrected chi connectivity index (χ3v) is 8.26. The lowest BCUT2D eigenvalue weighted by atomic mass is 10.1. The Kier molecular flexibility index (Phi) is 61.5. The summed E-state index contributed by atoms with van der Waals surface area (Å²) in [5.74, 6) is 0.662. The molecule has 0 aliphatic carbocycles. The maximum atomic E-state index is 5.52. The largest absolute Gasteiger partial charge is 0.379 e. The fourth-order valence-electron chi connectivity index (χ4n) is 4.74. The molecule has 0 aromatic heterocycles. The molecule has 0 spiro atoms. The zero-order valence-corrected chi connectivity index (χ0v) is 41.4. The lowest BCUT2D eigenvalue weighted by molar-refractivity contribution is -0.0314. The average molecular weight is 967 g/mol. The van der Waals surface area contributed by atoms with E-state index in [9.17, 15) is 0 Å². The highest BCUT2D eigenvalue weighted by Gasteiger charge is 1.99. The monoisotopic (exact) mass is 967 g/mol. The zero-order chi connectivity index (χ0) is 47.4. The third-order valence-electron chi connectivity index (χ3n) is 8.26. The fourth-order valence-corrected chi connectivity index (χ4v) is 4.74. The highest BCUT2D eigenvalue weighted by Crippen LogP contribution is 1.98. The van der Waals surface area contributed by atoms with Gasteiger partial charge in [-0.2, -0.15) is 0 Å². The van der Waals surface area contributed by atoms with Gasteiger partial charge in [0.2, 0.25) is 0 Å². The molecule has 0 atom stereocenters. The summed E-state index contributed by atoms with van der Waals surface area (Å²) in [5.41, 5.74) is 0. The second-order valence-corrected chi connectivity index (χ2v) is 14.4. The van der Waals surface area contributed by atoms with Crippen LogP contribution in [0.15, 0.2) is 0 Å². The smallest absolute Gasteiger partial charge is 0.0701 e. The quantitative estimate of drug-likeness (QED) is 0.0810. The van der Waals surface area contributed by atoms with Gasteiger partial charge in [0.1, 0.15) is 0 Å². The number of hydrogen-bond donors (Lipinski definition) is 0. The van der Waals surface area contributed by atoms with Crippen LogP contribution in [-0.4, -0.2) is 264 Å². The van der Waals surface area contributed by atoms with Gasteiger partial charge < -0.3 is 94.7 Å². The van der Waals surface area contributed by atoms with Crippen LogP contribution in [0.4, 0.5) is 0 Å². The molecule has 0 heterocycles. The molecule has 0 fully saturated rings. The van der Waals surface area contributed by atoms with Crippen LogP contribution >= 0.6 is 0 Å². The highest BCUT2D eigenvalue weighted by molar-refractivity contribution is 4.44. The molecule has 0 unspecified atom stereocenters. The van der Waals surface area contributed by atoms with E-state index in [4.69, 9.17) is 94.7 Å². The summed E-state index contributed by atoms with van der Waals surface area (Å²) in [5, 5.41) is 0. The van der Waals surface area contributed by atoms with E-state index in [-0.39, 0.29) is 0 Å². The molecule has 0 bridgehead atoms. The molecule has 0 saturated heterocycles.